The Morgan fingerprint density at radius 1 is 1.05 bits per heavy atom. The van der Waals surface area contributed by atoms with Gasteiger partial charge < -0.3 is 9.84 Å². The summed E-state index contributed by atoms with van der Waals surface area (Å²) < 4.78 is 6.04. The summed E-state index contributed by atoms with van der Waals surface area (Å²) in [6.07, 6.45) is 2.03. The van der Waals surface area contributed by atoms with Gasteiger partial charge in [0.1, 0.15) is 11.9 Å². The summed E-state index contributed by atoms with van der Waals surface area (Å²) in [5, 5.41) is 12.4. The molecular formula is C17H22O2. The first-order chi connectivity index (χ1) is 9.26. The maximum Gasteiger partial charge on any atom is 0.127 e. The third-order valence-corrected chi connectivity index (χ3v) is 3.44. The number of aliphatic hydroxyl groups excluding tert-OH is 1. The molecule has 2 aromatic carbocycles. The summed E-state index contributed by atoms with van der Waals surface area (Å²) in [6, 6.07) is 14.2. The van der Waals surface area contributed by atoms with Crippen LogP contribution in [0.4, 0.5) is 0 Å². The van der Waals surface area contributed by atoms with Gasteiger partial charge >= 0.3 is 0 Å². The predicted molar refractivity (Wildman–Crippen MR) is 79.6 cm³/mol. The molecular weight excluding hydrogens is 236 g/mol. The van der Waals surface area contributed by atoms with Crippen LogP contribution in [-0.4, -0.2) is 17.3 Å². The largest absolute Gasteiger partial charge is 0.487 e. The molecule has 0 radical (unpaired) electrons. The van der Waals surface area contributed by atoms with Crippen LogP contribution in [0.3, 0.4) is 0 Å². The fourth-order valence-corrected chi connectivity index (χ4v) is 2.38. The molecule has 0 aliphatic rings. The molecule has 2 nitrogen and oxygen atoms in total. The van der Waals surface area contributed by atoms with Gasteiger partial charge in [-0.3, -0.25) is 0 Å². The van der Waals surface area contributed by atoms with E-state index in [1.54, 1.807) is 0 Å². The summed E-state index contributed by atoms with van der Waals surface area (Å²) in [7, 11) is 0. The highest BCUT2D eigenvalue weighted by molar-refractivity contribution is 5.88. The Hall–Kier alpha value is -1.54. The van der Waals surface area contributed by atoms with Crippen molar-refractivity contribution in [2.24, 2.45) is 0 Å². The highest BCUT2D eigenvalue weighted by Gasteiger charge is 2.19. The molecule has 0 aromatic heterocycles. The fraction of sp³-hybridized carbons (Fsp3) is 0.412. The molecule has 2 rings (SSSR count). The Labute approximate surface area is 115 Å². The summed E-state index contributed by atoms with van der Waals surface area (Å²) >= 11 is 0. The van der Waals surface area contributed by atoms with Crippen molar-refractivity contribution in [3.8, 4) is 5.75 Å². The molecule has 1 N–H and O–H groups in total. The second-order valence-electron chi connectivity index (χ2n) is 4.90. The van der Waals surface area contributed by atoms with Gasteiger partial charge in [0.05, 0.1) is 6.10 Å². The molecule has 2 aromatic rings. The Kier molecular flexibility index (Phi) is 4.80. The molecule has 0 amide bonds. The number of benzene rings is 2. The number of aliphatic hydroxyl groups is 1. The van der Waals surface area contributed by atoms with Crippen molar-refractivity contribution in [3.05, 3.63) is 42.5 Å². The van der Waals surface area contributed by atoms with E-state index >= 15 is 0 Å². The van der Waals surface area contributed by atoms with E-state index < -0.39 is 6.10 Å². The van der Waals surface area contributed by atoms with Gasteiger partial charge in [-0.2, -0.15) is 0 Å². The monoisotopic (exact) mass is 258 g/mol. The molecule has 2 atom stereocenters. The van der Waals surface area contributed by atoms with Crippen LogP contribution < -0.4 is 4.74 Å². The molecule has 0 heterocycles. The van der Waals surface area contributed by atoms with E-state index in [0.717, 1.165) is 30.4 Å². The summed E-state index contributed by atoms with van der Waals surface area (Å²) in [6.45, 7) is 4.13. The highest BCUT2D eigenvalue weighted by atomic mass is 16.5. The van der Waals surface area contributed by atoms with Crippen molar-refractivity contribution in [2.75, 3.05) is 0 Å². The van der Waals surface area contributed by atoms with Crippen LogP contribution in [0.1, 0.15) is 33.1 Å². The van der Waals surface area contributed by atoms with Crippen LogP contribution in [0.15, 0.2) is 42.5 Å². The maximum atomic E-state index is 10.1. The van der Waals surface area contributed by atoms with Gasteiger partial charge in [0.2, 0.25) is 0 Å². The van der Waals surface area contributed by atoms with E-state index in [9.17, 15) is 5.11 Å². The van der Waals surface area contributed by atoms with Crippen LogP contribution in [0.2, 0.25) is 0 Å². The Morgan fingerprint density at radius 2 is 1.79 bits per heavy atom. The van der Waals surface area contributed by atoms with Crippen molar-refractivity contribution in [2.45, 2.75) is 45.3 Å². The van der Waals surface area contributed by atoms with Crippen LogP contribution in [0.25, 0.3) is 10.8 Å². The van der Waals surface area contributed by atoms with Gasteiger partial charge in [-0.1, -0.05) is 56.7 Å². The predicted octanol–water partition coefficient (Wildman–Crippen LogP) is 4.16. The highest BCUT2D eigenvalue weighted by Crippen LogP contribution is 2.27. The zero-order chi connectivity index (χ0) is 13.7. The topological polar surface area (TPSA) is 29.5 Å². The van der Waals surface area contributed by atoms with Gasteiger partial charge in [-0.25, -0.2) is 0 Å². The first-order valence-corrected chi connectivity index (χ1v) is 7.08. The lowest BCUT2D eigenvalue weighted by molar-refractivity contribution is 0.0293. The van der Waals surface area contributed by atoms with E-state index in [2.05, 4.69) is 32.0 Å². The van der Waals surface area contributed by atoms with Gasteiger partial charge in [0.25, 0.3) is 0 Å². The molecule has 0 aliphatic heterocycles. The fourth-order valence-electron chi connectivity index (χ4n) is 2.38. The average Bonchev–Trinajstić information content (AvgIpc) is 2.45. The number of hydrogen-bond acceptors (Lipinski definition) is 2. The van der Waals surface area contributed by atoms with E-state index in [0.29, 0.717) is 0 Å². The first kappa shape index (κ1) is 13.9. The van der Waals surface area contributed by atoms with E-state index in [-0.39, 0.29) is 6.10 Å². The molecule has 0 spiro atoms. The zero-order valence-corrected chi connectivity index (χ0v) is 11.7. The molecule has 0 aliphatic carbocycles. The maximum absolute atomic E-state index is 10.1. The third kappa shape index (κ3) is 3.27. The van der Waals surface area contributed by atoms with Crippen LogP contribution in [-0.2, 0) is 0 Å². The summed E-state index contributed by atoms with van der Waals surface area (Å²) in [5.74, 6) is 0.861. The minimum Gasteiger partial charge on any atom is -0.487 e. The Morgan fingerprint density at radius 3 is 2.53 bits per heavy atom. The van der Waals surface area contributed by atoms with E-state index in [4.69, 9.17) is 4.74 Å². The molecule has 102 valence electrons. The first-order valence-electron chi connectivity index (χ1n) is 7.08. The van der Waals surface area contributed by atoms with Crippen molar-refractivity contribution in [1.29, 1.82) is 0 Å². The Balaban J connectivity index is 2.24. The minimum absolute atomic E-state index is 0.134. The molecule has 19 heavy (non-hydrogen) atoms. The van der Waals surface area contributed by atoms with Gasteiger partial charge in [-0.15, -0.1) is 0 Å². The normalized spacial score (nSPS) is 14.3. The molecule has 0 saturated heterocycles. The van der Waals surface area contributed by atoms with Crippen molar-refractivity contribution in [1.82, 2.24) is 0 Å². The third-order valence-electron chi connectivity index (χ3n) is 3.44. The minimum atomic E-state index is -0.394. The number of ether oxygens (including phenoxy) is 1. The van der Waals surface area contributed by atoms with Crippen LogP contribution >= 0.6 is 0 Å². The molecule has 0 fully saturated rings. The lowest BCUT2D eigenvalue weighted by atomic mass is 10.1. The number of fused-ring (bicyclic) bond motifs is 1. The SMILES string of the molecule is CCCC(O)C(CC)Oc1cccc2ccccc12. The van der Waals surface area contributed by atoms with Crippen molar-refractivity contribution in [3.63, 3.8) is 0 Å². The summed E-state index contributed by atoms with van der Waals surface area (Å²) in [5.41, 5.74) is 0. The molecule has 2 unspecified atom stereocenters. The van der Waals surface area contributed by atoms with Crippen molar-refractivity contribution >= 4 is 10.8 Å². The van der Waals surface area contributed by atoms with Crippen molar-refractivity contribution < 1.29 is 9.84 Å². The Bertz CT molecular complexity index is 516. The second kappa shape index (κ2) is 6.58. The average molecular weight is 258 g/mol. The number of rotatable bonds is 6. The van der Waals surface area contributed by atoms with E-state index in [1.807, 2.05) is 24.3 Å². The smallest absolute Gasteiger partial charge is 0.127 e. The van der Waals surface area contributed by atoms with E-state index in [1.165, 1.54) is 5.39 Å². The molecule has 0 saturated carbocycles. The number of hydrogen-bond donors (Lipinski definition) is 1. The van der Waals surface area contributed by atoms with Crippen LogP contribution in [0, 0.1) is 0 Å². The lowest BCUT2D eigenvalue weighted by Gasteiger charge is -2.23. The van der Waals surface area contributed by atoms with Gasteiger partial charge in [0, 0.05) is 5.39 Å². The molecule has 2 heteroatoms. The zero-order valence-electron chi connectivity index (χ0n) is 11.7. The second-order valence-corrected chi connectivity index (χ2v) is 4.90. The quantitative estimate of drug-likeness (QED) is 0.843. The lowest BCUT2D eigenvalue weighted by Crippen LogP contribution is -2.31. The standard InChI is InChI=1S/C17H22O2/c1-3-8-15(18)16(4-2)19-17-12-7-10-13-9-5-6-11-14(13)17/h5-7,9-12,15-16,18H,3-4,8H2,1-2H3. The summed E-state index contributed by atoms with van der Waals surface area (Å²) in [4.78, 5) is 0. The molecule has 0 bridgehead atoms. The van der Waals surface area contributed by atoms with Gasteiger partial charge in [-0.05, 0) is 24.3 Å². The van der Waals surface area contributed by atoms with Crippen LogP contribution in [0.5, 0.6) is 5.75 Å². The van der Waals surface area contributed by atoms with Gasteiger partial charge in [0.15, 0.2) is 0 Å².